The van der Waals surface area contributed by atoms with Crippen molar-refractivity contribution in [3.05, 3.63) is 11.0 Å². The Kier molecular flexibility index (Phi) is 5.50. The van der Waals surface area contributed by atoms with Crippen LogP contribution in [0.5, 0.6) is 11.9 Å². The summed E-state index contributed by atoms with van der Waals surface area (Å²) in [5, 5.41) is 0.0826. The zero-order valence-electron chi connectivity index (χ0n) is 17.5. The molecule has 5 rings (SSSR count). The quantitative estimate of drug-likeness (QED) is 0.638. The molecule has 3 aliphatic rings. The van der Waals surface area contributed by atoms with Crippen LogP contribution in [0.3, 0.4) is 0 Å². The predicted molar refractivity (Wildman–Crippen MR) is 113 cm³/mol. The number of fused-ring (bicyclic) bond motifs is 2. The molecule has 3 fully saturated rings. The molecule has 2 atom stereocenters. The molecular formula is C21H26ClF2N5O2. The van der Waals surface area contributed by atoms with Crippen LogP contribution in [-0.2, 0) is 0 Å². The van der Waals surface area contributed by atoms with Gasteiger partial charge in [0.15, 0.2) is 11.0 Å². The fourth-order valence-corrected chi connectivity index (χ4v) is 5.44. The van der Waals surface area contributed by atoms with Crippen molar-refractivity contribution in [3.8, 4) is 11.9 Å². The monoisotopic (exact) mass is 453 g/mol. The normalized spacial score (nSPS) is 26.5. The van der Waals surface area contributed by atoms with Crippen molar-refractivity contribution in [2.75, 3.05) is 44.8 Å². The second-order valence-electron chi connectivity index (χ2n) is 8.69. The topological polar surface area (TPSA) is 63.6 Å². The van der Waals surface area contributed by atoms with Crippen LogP contribution in [0.1, 0.15) is 38.5 Å². The summed E-state index contributed by atoms with van der Waals surface area (Å²) in [5.41, 5.74) is -0.312. The van der Waals surface area contributed by atoms with E-state index in [1.807, 2.05) is 0 Å². The number of halogens is 3. The highest BCUT2D eigenvalue weighted by Gasteiger charge is 2.49. The Hall–Kier alpha value is -2.00. The van der Waals surface area contributed by atoms with Gasteiger partial charge in [0, 0.05) is 26.1 Å². The summed E-state index contributed by atoms with van der Waals surface area (Å²) in [6.07, 6.45) is 4.65. The van der Waals surface area contributed by atoms with Gasteiger partial charge in [0.2, 0.25) is 5.88 Å². The molecule has 3 aliphatic heterocycles. The van der Waals surface area contributed by atoms with Gasteiger partial charge >= 0.3 is 6.01 Å². The van der Waals surface area contributed by atoms with Crippen molar-refractivity contribution in [3.63, 3.8) is 0 Å². The largest absolute Gasteiger partial charge is 0.480 e. The van der Waals surface area contributed by atoms with Gasteiger partial charge in [0.1, 0.15) is 29.5 Å². The van der Waals surface area contributed by atoms with E-state index < -0.39 is 12.0 Å². The minimum Gasteiger partial charge on any atom is -0.480 e. The molecule has 0 N–H and O–H groups in total. The number of anilines is 1. The molecule has 0 saturated carbocycles. The third kappa shape index (κ3) is 3.65. The van der Waals surface area contributed by atoms with Crippen LogP contribution in [0.4, 0.5) is 14.6 Å². The minimum absolute atomic E-state index is 0.0259. The Balaban J connectivity index is 1.55. The second kappa shape index (κ2) is 8.16. The molecule has 0 unspecified atom stereocenters. The SMILES string of the molecule is COc1nc(Cl)c(F)c2nc(OC[C@@]34CCCN3C[C@H](F)C4)nc(N3CCCCC3)c12. The van der Waals surface area contributed by atoms with Crippen molar-refractivity contribution < 1.29 is 18.3 Å². The number of pyridine rings is 1. The number of aromatic nitrogens is 3. The molecule has 168 valence electrons. The molecule has 0 aromatic carbocycles. The van der Waals surface area contributed by atoms with Gasteiger partial charge in [-0.05, 0) is 38.6 Å². The average Bonchev–Trinajstić information content (AvgIpc) is 3.30. The zero-order valence-corrected chi connectivity index (χ0v) is 18.3. The van der Waals surface area contributed by atoms with E-state index >= 15 is 0 Å². The molecule has 5 heterocycles. The number of nitrogens with zero attached hydrogens (tertiary/aromatic N) is 5. The molecule has 0 amide bonds. The molecule has 10 heteroatoms. The summed E-state index contributed by atoms with van der Waals surface area (Å²) in [4.78, 5) is 17.3. The zero-order chi connectivity index (χ0) is 21.6. The highest BCUT2D eigenvalue weighted by molar-refractivity contribution is 6.30. The van der Waals surface area contributed by atoms with E-state index in [1.165, 1.54) is 7.11 Å². The van der Waals surface area contributed by atoms with Crippen LogP contribution in [0.2, 0.25) is 5.15 Å². The smallest absolute Gasteiger partial charge is 0.319 e. The van der Waals surface area contributed by atoms with Crippen molar-refractivity contribution in [1.29, 1.82) is 0 Å². The predicted octanol–water partition coefficient (Wildman–Crippen LogP) is 3.77. The number of alkyl halides is 1. The molecule has 2 aromatic heterocycles. The third-order valence-electron chi connectivity index (χ3n) is 6.75. The lowest BCUT2D eigenvalue weighted by Crippen LogP contribution is -2.43. The molecule has 0 aliphatic carbocycles. The molecule has 31 heavy (non-hydrogen) atoms. The first-order valence-electron chi connectivity index (χ1n) is 10.9. The number of methoxy groups -OCH3 is 1. The van der Waals surface area contributed by atoms with Gasteiger partial charge in [-0.15, -0.1) is 0 Å². The standard InChI is InChI=1S/C21H26ClF2N5O2/c1-30-19-14-16(15(24)17(22)26-19)25-20(27-18(14)28-7-3-2-4-8-28)31-12-21-6-5-9-29(21)11-13(23)10-21/h13H,2-12H2,1H3/t13-,21+/m1/s1. The van der Waals surface area contributed by atoms with Crippen molar-refractivity contribution >= 4 is 28.3 Å². The van der Waals surface area contributed by atoms with Gasteiger partial charge in [-0.25, -0.2) is 8.78 Å². The maximum Gasteiger partial charge on any atom is 0.319 e. The Bertz CT molecular complexity index is 990. The van der Waals surface area contributed by atoms with E-state index in [-0.39, 0.29) is 34.7 Å². The van der Waals surface area contributed by atoms with Gasteiger partial charge < -0.3 is 14.4 Å². The molecule has 0 spiro atoms. The molecule has 2 aromatic rings. The van der Waals surface area contributed by atoms with Crippen LogP contribution in [0.25, 0.3) is 10.9 Å². The van der Waals surface area contributed by atoms with Crippen LogP contribution in [0.15, 0.2) is 0 Å². The Labute approximate surface area is 184 Å². The summed E-state index contributed by atoms with van der Waals surface area (Å²) in [5.74, 6) is -0.00588. The molecule has 3 saturated heterocycles. The fraction of sp³-hybridized carbons (Fsp3) is 0.667. The number of piperidine rings is 1. The lowest BCUT2D eigenvalue weighted by Gasteiger charge is -2.31. The van der Waals surface area contributed by atoms with Gasteiger partial charge in [-0.2, -0.15) is 15.0 Å². The second-order valence-corrected chi connectivity index (χ2v) is 9.05. The molecule has 0 bridgehead atoms. The lowest BCUT2D eigenvalue weighted by atomic mass is 9.95. The van der Waals surface area contributed by atoms with Crippen LogP contribution in [-0.4, -0.2) is 71.5 Å². The summed E-state index contributed by atoms with van der Waals surface area (Å²) >= 11 is 6.00. The van der Waals surface area contributed by atoms with E-state index in [2.05, 4.69) is 24.8 Å². The summed E-state index contributed by atoms with van der Waals surface area (Å²) in [6.45, 7) is 3.17. The lowest BCUT2D eigenvalue weighted by molar-refractivity contribution is 0.107. The Morgan fingerprint density at radius 1 is 1.13 bits per heavy atom. The van der Waals surface area contributed by atoms with Crippen molar-refractivity contribution in [2.45, 2.75) is 50.2 Å². The number of hydrogen-bond donors (Lipinski definition) is 0. The highest BCUT2D eigenvalue weighted by atomic mass is 35.5. The molecular weight excluding hydrogens is 428 g/mol. The first kappa shape index (κ1) is 20.9. The Morgan fingerprint density at radius 2 is 1.94 bits per heavy atom. The summed E-state index contributed by atoms with van der Waals surface area (Å²) < 4.78 is 40.5. The van der Waals surface area contributed by atoms with Crippen molar-refractivity contribution in [1.82, 2.24) is 19.9 Å². The van der Waals surface area contributed by atoms with Crippen LogP contribution < -0.4 is 14.4 Å². The number of hydrogen-bond acceptors (Lipinski definition) is 7. The number of ether oxygens (including phenoxy) is 2. The van der Waals surface area contributed by atoms with Gasteiger partial charge in [-0.1, -0.05) is 11.6 Å². The maximum atomic E-state index is 15.0. The fourth-order valence-electron chi connectivity index (χ4n) is 5.27. The summed E-state index contributed by atoms with van der Waals surface area (Å²) in [7, 11) is 1.46. The minimum atomic E-state index is -0.850. The molecule has 0 radical (unpaired) electrons. The van der Waals surface area contributed by atoms with Gasteiger partial charge in [0.05, 0.1) is 12.6 Å². The van der Waals surface area contributed by atoms with Gasteiger partial charge in [0.25, 0.3) is 0 Å². The summed E-state index contributed by atoms with van der Waals surface area (Å²) in [6, 6.07) is 0.0693. The highest BCUT2D eigenvalue weighted by Crippen LogP contribution is 2.41. The van der Waals surface area contributed by atoms with E-state index in [1.54, 1.807) is 0 Å². The third-order valence-corrected chi connectivity index (χ3v) is 7.00. The molecule has 7 nitrogen and oxygen atoms in total. The van der Waals surface area contributed by atoms with E-state index in [0.29, 0.717) is 24.2 Å². The Morgan fingerprint density at radius 3 is 2.71 bits per heavy atom. The number of rotatable bonds is 5. The van der Waals surface area contributed by atoms with Crippen LogP contribution >= 0.6 is 11.6 Å². The first-order valence-corrected chi connectivity index (χ1v) is 11.3. The van der Waals surface area contributed by atoms with Crippen molar-refractivity contribution in [2.24, 2.45) is 0 Å². The first-order chi connectivity index (χ1) is 15.0. The average molecular weight is 454 g/mol. The van der Waals surface area contributed by atoms with Crippen LogP contribution in [0, 0.1) is 5.82 Å². The van der Waals surface area contributed by atoms with E-state index in [0.717, 1.165) is 51.7 Å². The maximum absolute atomic E-state index is 15.0. The van der Waals surface area contributed by atoms with E-state index in [9.17, 15) is 8.78 Å². The van der Waals surface area contributed by atoms with Gasteiger partial charge in [-0.3, -0.25) is 4.90 Å². The van der Waals surface area contributed by atoms with E-state index in [4.69, 9.17) is 21.1 Å².